The van der Waals surface area contributed by atoms with Gasteiger partial charge in [-0.05, 0) is 18.2 Å². The highest BCUT2D eigenvalue weighted by Gasteiger charge is 2.20. The minimum atomic E-state index is -0.435. The molecule has 0 amide bonds. The third-order valence-electron chi connectivity index (χ3n) is 2.48. The van der Waals surface area contributed by atoms with Gasteiger partial charge in [0.15, 0.2) is 6.10 Å². The number of hydrogen-bond acceptors (Lipinski definition) is 3. The largest absolute Gasteiger partial charge is 0.365 e. The number of hydrogen-bond donors (Lipinski definition) is 0. The third kappa shape index (κ3) is 2.26. The maximum atomic E-state index is 13.0. The highest BCUT2D eigenvalue weighted by atomic mass is 35.5. The minimum absolute atomic E-state index is 0.0949. The van der Waals surface area contributed by atoms with E-state index in [1.165, 1.54) is 6.07 Å². The molecule has 84 valence electrons. The van der Waals surface area contributed by atoms with Crippen molar-refractivity contribution >= 4 is 17.3 Å². The SMILES string of the molecule is N#CC1CN(c2ccc(F)c(Cl)c2)CCO1. The van der Waals surface area contributed by atoms with Gasteiger partial charge in [-0.2, -0.15) is 5.26 Å². The highest BCUT2D eigenvalue weighted by Crippen LogP contribution is 2.24. The van der Waals surface area contributed by atoms with Gasteiger partial charge in [-0.25, -0.2) is 4.39 Å². The lowest BCUT2D eigenvalue weighted by atomic mass is 10.2. The Bertz CT molecular complexity index is 432. The van der Waals surface area contributed by atoms with Gasteiger partial charge in [0.2, 0.25) is 0 Å². The molecule has 0 aromatic heterocycles. The number of anilines is 1. The molecule has 0 spiro atoms. The smallest absolute Gasteiger partial charge is 0.161 e. The Morgan fingerprint density at radius 1 is 1.56 bits per heavy atom. The molecule has 0 bridgehead atoms. The van der Waals surface area contributed by atoms with Gasteiger partial charge in [-0.3, -0.25) is 0 Å². The van der Waals surface area contributed by atoms with Crippen molar-refractivity contribution in [3.05, 3.63) is 29.0 Å². The zero-order valence-electron chi connectivity index (χ0n) is 8.49. The molecule has 2 rings (SSSR count). The number of nitriles is 1. The highest BCUT2D eigenvalue weighted by molar-refractivity contribution is 6.31. The zero-order chi connectivity index (χ0) is 11.5. The summed E-state index contributed by atoms with van der Waals surface area (Å²) in [5.41, 5.74) is 0.815. The molecule has 0 saturated carbocycles. The number of benzene rings is 1. The Morgan fingerprint density at radius 2 is 2.38 bits per heavy atom. The molecule has 1 aromatic rings. The van der Waals surface area contributed by atoms with E-state index in [4.69, 9.17) is 21.6 Å². The van der Waals surface area contributed by atoms with E-state index in [0.29, 0.717) is 19.7 Å². The second kappa shape index (κ2) is 4.69. The summed E-state index contributed by atoms with van der Waals surface area (Å²) >= 11 is 5.71. The first-order chi connectivity index (χ1) is 7.70. The van der Waals surface area contributed by atoms with Crippen LogP contribution >= 0.6 is 11.6 Å². The Hall–Kier alpha value is -1.31. The molecule has 0 aliphatic carbocycles. The zero-order valence-corrected chi connectivity index (χ0v) is 9.25. The average Bonchev–Trinajstić information content (AvgIpc) is 2.33. The molecule has 1 heterocycles. The Morgan fingerprint density at radius 3 is 3.06 bits per heavy atom. The number of rotatable bonds is 1. The number of ether oxygens (including phenoxy) is 1. The molecule has 1 saturated heterocycles. The lowest BCUT2D eigenvalue weighted by molar-refractivity contribution is 0.0764. The minimum Gasteiger partial charge on any atom is -0.365 e. The van der Waals surface area contributed by atoms with Crippen molar-refractivity contribution < 1.29 is 9.13 Å². The molecular weight excluding hydrogens is 231 g/mol. The van der Waals surface area contributed by atoms with Crippen molar-refractivity contribution in [1.82, 2.24) is 0 Å². The molecule has 5 heteroatoms. The van der Waals surface area contributed by atoms with Crippen molar-refractivity contribution in [3.8, 4) is 6.07 Å². The van der Waals surface area contributed by atoms with Gasteiger partial charge in [0.1, 0.15) is 5.82 Å². The van der Waals surface area contributed by atoms with Crippen LogP contribution in [-0.2, 0) is 4.74 Å². The second-order valence-corrected chi connectivity index (χ2v) is 3.94. The van der Waals surface area contributed by atoms with Gasteiger partial charge in [0.05, 0.1) is 24.2 Å². The van der Waals surface area contributed by atoms with Gasteiger partial charge < -0.3 is 9.64 Å². The predicted molar refractivity (Wildman–Crippen MR) is 59.0 cm³/mol. The molecule has 1 atom stereocenters. The van der Waals surface area contributed by atoms with Crippen LogP contribution in [0.25, 0.3) is 0 Å². The van der Waals surface area contributed by atoms with Crippen LogP contribution in [0, 0.1) is 17.1 Å². The lowest BCUT2D eigenvalue weighted by Crippen LogP contribution is -2.41. The molecule has 3 nitrogen and oxygen atoms in total. The summed E-state index contributed by atoms with van der Waals surface area (Å²) in [5.74, 6) is -0.435. The van der Waals surface area contributed by atoms with E-state index in [9.17, 15) is 4.39 Å². The predicted octanol–water partition coefficient (Wildman–Crippen LogP) is 2.21. The van der Waals surface area contributed by atoms with E-state index < -0.39 is 11.9 Å². The topological polar surface area (TPSA) is 36.3 Å². The van der Waals surface area contributed by atoms with E-state index >= 15 is 0 Å². The van der Waals surface area contributed by atoms with Gasteiger partial charge in [0, 0.05) is 12.2 Å². The number of morpholine rings is 1. The Labute approximate surface area is 98.0 Å². The van der Waals surface area contributed by atoms with Crippen LogP contribution in [0.5, 0.6) is 0 Å². The maximum absolute atomic E-state index is 13.0. The first-order valence-electron chi connectivity index (χ1n) is 4.92. The number of nitrogens with zero attached hydrogens (tertiary/aromatic N) is 2. The van der Waals surface area contributed by atoms with Gasteiger partial charge in [-0.15, -0.1) is 0 Å². The van der Waals surface area contributed by atoms with E-state index in [-0.39, 0.29) is 5.02 Å². The monoisotopic (exact) mass is 240 g/mol. The standard InChI is InChI=1S/C11H10ClFN2O/c12-10-5-8(1-2-11(10)13)15-3-4-16-9(6-14)7-15/h1-2,5,9H,3-4,7H2. The second-order valence-electron chi connectivity index (χ2n) is 3.53. The summed E-state index contributed by atoms with van der Waals surface area (Å²) in [6.45, 7) is 1.66. The molecule has 1 aromatic carbocycles. The van der Waals surface area contributed by atoms with Crippen molar-refractivity contribution in [1.29, 1.82) is 5.26 Å². The molecule has 1 aliphatic heterocycles. The Balaban J connectivity index is 2.17. The molecule has 1 aliphatic rings. The van der Waals surface area contributed by atoms with E-state index in [1.807, 2.05) is 4.90 Å². The summed E-state index contributed by atoms with van der Waals surface area (Å²) < 4.78 is 18.2. The van der Waals surface area contributed by atoms with Gasteiger partial charge in [-0.1, -0.05) is 11.6 Å². The molecule has 1 fully saturated rings. The molecular formula is C11H10ClFN2O. The summed E-state index contributed by atoms with van der Waals surface area (Å²) in [6, 6.07) is 6.61. The maximum Gasteiger partial charge on any atom is 0.161 e. The normalized spacial score (nSPS) is 20.6. The molecule has 0 radical (unpaired) electrons. The van der Waals surface area contributed by atoms with Crippen molar-refractivity contribution in [3.63, 3.8) is 0 Å². The first-order valence-corrected chi connectivity index (χ1v) is 5.29. The van der Waals surface area contributed by atoms with Crippen LogP contribution in [-0.4, -0.2) is 25.8 Å². The van der Waals surface area contributed by atoms with Crippen LogP contribution < -0.4 is 4.90 Å². The molecule has 1 unspecified atom stereocenters. The average molecular weight is 241 g/mol. The summed E-state index contributed by atoms with van der Waals surface area (Å²) in [6.07, 6.45) is -0.433. The van der Waals surface area contributed by atoms with Crippen LogP contribution in [0.4, 0.5) is 10.1 Å². The summed E-state index contributed by atoms with van der Waals surface area (Å²) in [4.78, 5) is 1.96. The molecule has 0 N–H and O–H groups in total. The van der Waals surface area contributed by atoms with Gasteiger partial charge in [0.25, 0.3) is 0 Å². The quantitative estimate of drug-likeness (QED) is 0.755. The first kappa shape index (κ1) is 11.2. The van der Waals surface area contributed by atoms with E-state index in [2.05, 4.69) is 6.07 Å². The Kier molecular flexibility index (Phi) is 3.28. The van der Waals surface area contributed by atoms with Crippen LogP contribution in [0.3, 0.4) is 0 Å². The van der Waals surface area contributed by atoms with E-state index in [1.54, 1.807) is 12.1 Å². The third-order valence-corrected chi connectivity index (χ3v) is 2.77. The van der Waals surface area contributed by atoms with E-state index in [0.717, 1.165) is 5.69 Å². The lowest BCUT2D eigenvalue weighted by Gasteiger charge is -2.31. The van der Waals surface area contributed by atoms with Gasteiger partial charge >= 0.3 is 0 Å². The molecule has 16 heavy (non-hydrogen) atoms. The fourth-order valence-electron chi connectivity index (χ4n) is 1.64. The summed E-state index contributed by atoms with van der Waals surface area (Å²) in [5, 5.41) is 8.86. The fourth-order valence-corrected chi connectivity index (χ4v) is 1.82. The fraction of sp³-hybridized carbons (Fsp3) is 0.364. The van der Waals surface area contributed by atoms with Crippen LogP contribution in [0.2, 0.25) is 5.02 Å². The number of halogens is 2. The van der Waals surface area contributed by atoms with Crippen molar-refractivity contribution in [2.45, 2.75) is 6.10 Å². The van der Waals surface area contributed by atoms with Crippen LogP contribution in [0.1, 0.15) is 0 Å². The van der Waals surface area contributed by atoms with Crippen LogP contribution in [0.15, 0.2) is 18.2 Å². The summed E-state index contributed by atoms with van der Waals surface area (Å²) in [7, 11) is 0. The van der Waals surface area contributed by atoms with Crippen molar-refractivity contribution in [2.24, 2.45) is 0 Å². The van der Waals surface area contributed by atoms with Crippen molar-refractivity contribution in [2.75, 3.05) is 24.6 Å².